The summed E-state index contributed by atoms with van der Waals surface area (Å²) >= 11 is 18.6. The van der Waals surface area contributed by atoms with Crippen molar-refractivity contribution in [1.29, 1.82) is 0 Å². The van der Waals surface area contributed by atoms with Crippen LogP contribution in [0.15, 0.2) is 48.5 Å². The molecule has 1 fully saturated rings. The molecular formula is C26H31Cl3N4O. The third-order valence-electron chi connectivity index (χ3n) is 6.81. The normalized spacial score (nSPS) is 21.0. The van der Waals surface area contributed by atoms with E-state index < -0.39 is 0 Å². The molecule has 2 aromatic carbocycles. The molecule has 0 spiro atoms. The van der Waals surface area contributed by atoms with Crippen molar-refractivity contribution in [3.63, 3.8) is 0 Å². The smallest absolute Gasteiger partial charge is 0.229 e. The summed E-state index contributed by atoms with van der Waals surface area (Å²) in [6.45, 7) is 10.2. The number of amides is 1. The molecule has 2 aliphatic heterocycles. The topological polar surface area (TPSA) is 38.8 Å². The van der Waals surface area contributed by atoms with E-state index in [2.05, 4.69) is 39.9 Å². The molecule has 5 nitrogen and oxygen atoms in total. The fourth-order valence-corrected chi connectivity index (χ4v) is 5.40. The van der Waals surface area contributed by atoms with Gasteiger partial charge in [-0.05, 0) is 49.8 Å². The highest BCUT2D eigenvalue weighted by molar-refractivity contribution is 6.43. The first kappa shape index (κ1) is 25.2. The molecule has 2 atom stereocenters. The Balaban J connectivity index is 1.28. The highest BCUT2D eigenvalue weighted by Crippen LogP contribution is 2.34. The van der Waals surface area contributed by atoms with Crippen molar-refractivity contribution in [2.45, 2.75) is 19.9 Å². The van der Waals surface area contributed by atoms with E-state index in [1.165, 1.54) is 0 Å². The molecule has 2 heterocycles. The van der Waals surface area contributed by atoms with E-state index in [-0.39, 0.29) is 17.9 Å². The zero-order valence-corrected chi connectivity index (χ0v) is 21.9. The average Bonchev–Trinajstić information content (AvgIpc) is 3.18. The van der Waals surface area contributed by atoms with Crippen LogP contribution in [-0.4, -0.2) is 67.6 Å². The summed E-state index contributed by atoms with van der Waals surface area (Å²) in [4.78, 5) is 20.0. The second-order valence-electron chi connectivity index (χ2n) is 8.80. The van der Waals surface area contributed by atoms with Gasteiger partial charge in [0.25, 0.3) is 0 Å². The van der Waals surface area contributed by atoms with Crippen LogP contribution in [-0.2, 0) is 4.79 Å². The Morgan fingerprint density at radius 2 is 1.74 bits per heavy atom. The van der Waals surface area contributed by atoms with Gasteiger partial charge in [0, 0.05) is 62.6 Å². The van der Waals surface area contributed by atoms with Crippen LogP contribution in [0.5, 0.6) is 0 Å². The minimum atomic E-state index is -0.174. The van der Waals surface area contributed by atoms with E-state index in [0.29, 0.717) is 21.6 Å². The van der Waals surface area contributed by atoms with Crippen LogP contribution in [0, 0.1) is 5.92 Å². The van der Waals surface area contributed by atoms with Gasteiger partial charge < -0.3 is 15.1 Å². The summed E-state index contributed by atoms with van der Waals surface area (Å²) in [7, 11) is 0. The van der Waals surface area contributed by atoms with Gasteiger partial charge in [-0.3, -0.25) is 9.69 Å². The Morgan fingerprint density at radius 1 is 1.03 bits per heavy atom. The highest BCUT2D eigenvalue weighted by Gasteiger charge is 2.35. The van der Waals surface area contributed by atoms with Gasteiger partial charge in [0.05, 0.1) is 21.7 Å². The summed E-state index contributed by atoms with van der Waals surface area (Å²) < 4.78 is 0. The SMILES string of the molecule is CCN1C(c2ccc(Cl)cc2)=CC(C(=O)NCCN2CCN(c3cccc(Cl)c3Cl)CC2)C1C. The minimum absolute atomic E-state index is 0.0826. The second kappa shape index (κ2) is 11.2. The molecule has 0 saturated carbocycles. The van der Waals surface area contributed by atoms with Crippen molar-refractivity contribution in [3.8, 4) is 0 Å². The van der Waals surface area contributed by atoms with Crippen LogP contribution in [0.2, 0.25) is 15.1 Å². The lowest BCUT2D eigenvalue weighted by atomic mass is 10.0. The summed E-state index contributed by atoms with van der Waals surface area (Å²) in [5.41, 5.74) is 3.18. The molecule has 182 valence electrons. The summed E-state index contributed by atoms with van der Waals surface area (Å²) in [5.74, 6) is -0.0910. The molecule has 34 heavy (non-hydrogen) atoms. The summed E-state index contributed by atoms with van der Waals surface area (Å²) in [5, 5.41) is 5.07. The molecule has 8 heteroatoms. The molecule has 1 saturated heterocycles. The molecule has 0 bridgehead atoms. The van der Waals surface area contributed by atoms with Gasteiger partial charge >= 0.3 is 0 Å². The minimum Gasteiger partial charge on any atom is -0.368 e. The van der Waals surface area contributed by atoms with Gasteiger partial charge in [0.15, 0.2) is 0 Å². The molecule has 2 aromatic rings. The first-order chi connectivity index (χ1) is 16.4. The predicted molar refractivity (Wildman–Crippen MR) is 143 cm³/mol. The summed E-state index contributed by atoms with van der Waals surface area (Å²) in [6, 6.07) is 13.7. The molecule has 0 aliphatic carbocycles. The number of hydrogen-bond donors (Lipinski definition) is 1. The average molecular weight is 522 g/mol. The molecule has 4 rings (SSSR count). The third-order valence-corrected chi connectivity index (χ3v) is 7.87. The Bertz CT molecular complexity index is 1030. The van der Waals surface area contributed by atoms with Crippen LogP contribution in [0.4, 0.5) is 5.69 Å². The largest absolute Gasteiger partial charge is 0.368 e. The zero-order valence-electron chi connectivity index (χ0n) is 19.6. The quantitative estimate of drug-likeness (QED) is 0.539. The monoisotopic (exact) mass is 520 g/mol. The standard InChI is InChI=1S/C26H31Cl3N4O/c1-3-33-18(2)21(17-24(33)19-7-9-20(27)10-8-19)26(34)30-11-12-31-13-15-32(16-14-31)23-6-4-5-22(28)25(23)29/h4-10,17-18,21H,3,11-16H2,1-2H3,(H,30,34). The molecule has 0 aromatic heterocycles. The van der Waals surface area contributed by atoms with Crippen LogP contribution < -0.4 is 10.2 Å². The summed E-state index contributed by atoms with van der Waals surface area (Å²) in [6.07, 6.45) is 2.10. The van der Waals surface area contributed by atoms with Crippen molar-refractivity contribution in [1.82, 2.24) is 15.1 Å². The molecule has 0 radical (unpaired) electrons. The number of nitrogens with zero attached hydrogens (tertiary/aromatic N) is 3. The maximum Gasteiger partial charge on any atom is 0.229 e. The lowest BCUT2D eigenvalue weighted by molar-refractivity contribution is -0.124. The highest BCUT2D eigenvalue weighted by atomic mass is 35.5. The van der Waals surface area contributed by atoms with Gasteiger partial charge in [-0.2, -0.15) is 0 Å². The van der Waals surface area contributed by atoms with Crippen LogP contribution in [0.3, 0.4) is 0 Å². The number of rotatable bonds is 7. The van der Waals surface area contributed by atoms with Gasteiger partial charge in [0.2, 0.25) is 5.91 Å². The number of piperazine rings is 1. The molecular weight excluding hydrogens is 491 g/mol. The number of carbonyl (C=O) groups excluding carboxylic acids is 1. The Morgan fingerprint density at radius 3 is 2.41 bits per heavy atom. The van der Waals surface area contributed by atoms with E-state index in [9.17, 15) is 4.79 Å². The molecule has 1 N–H and O–H groups in total. The fourth-order valence-electron chi connectivity index (χ4n) is 4.86. The van der Waals surface area contributed by atoms with Crippen molar-refractivity contribution < 1.29 is 4.79 Å². The second-order valence-corrected chi connectivity index (χ2v) is 10.0. The van der Waals surface area contributed by atoms with Crippen molar-refractivity contribution >= 4 is 52.1 Å². The van der Waals surface area contributed by atoms with E-state index in [0.717, 1.165) is 56.2 Å². The number of hydrogen-bond acceptors (Lipinski definition) is 4. The number of anilines is 1. The van der Waals surface area contributed by atoms with E-state index in [4.69, 9.17) is 34.8 Å². The zero-order chi connectivity index (χ0) is 24.2. The first-order valence-corrected chi connectivity index (χ1v) is 13.0. The lowest BCUT2D eigenvalue weighted by Gasteiger charge is -2.36. The molecule has 2 unspecified atom stereocenters. The maximum absolute atomic E-state index is 13.0. The maximum atomic E-state index is 13.0. The number of benzene rings is 2. The number of halogens is 3. The fraction of sp³-hybridized carbons (Fsp3) is 0.423. The van der Waals surface area contributed by atoms with Crippen molar-refractivity contribution in [2.75, 3.05) is 50.7 Å². The third kappa shape index (κ3) is 5.49. The Labute approximate surface area is 217 Å². The van der Waals surface area contributed by atoms with Crippen molar-refractivity contribution in [2.24, 2.45) is 5.92 Å². The Hall–Kier alpha value is -1.92. The van der Waals surface area contributed by atoms with Crippen LogP contribution in [0.25, 0.3) is 5.70 Å². The van der Waals surface area contributed by atoms with Gasteiger partial charge in [-0.25, -0.2) is 0 Å². The van der Waals surface area contributed by atoms with Crippen molar-refractivity contribution in [3.05, 3.63) is 69.2 Å². The predicted octanol–water partition coefficient (Wildman–Crippen LogP) is 5.27. The molecule has 2 aliphatic rings. The lowest BCUT2D eigenvalue weighted by Crippen LogP contribution is -2.49. The van der Waals surface area contributed by atoms with Gasteiger partial charge in [-0.15, -0.1) is 0 Å². The number of carbonyl (C=O) groups is 1. The van der Waals surface area contributed by atoms with Gasteiger partial charge in [0.1, 0.15) is 0 Å². The Kier molecular flexibility index (Phi) is 8.30. The van der Waals surface area contributed by atoms with E-state index in [1.807, 2.05) is 42.5 Å². The van der Waals surface area contributed by atoms with E-state index in [1.54, 1.807) is 0 Å². The van der Waals surface area contributed by atoms with Gasteiger partial charge in [-0.1, -0.05) is 53.0 Å². The molecule has 1 amide bonds. The van der Waals surface area contributed by atoms with Crippen LogP contribution in [0.1, 0.15) is 19.4 Å². The van der Waals surface area contributed by atoms with Crippen LogP contribution >= 0.6 is 34.8 Å². The first-order valence-electron chi connectivity index (χ1n) is 11.8. The van der Waals surface area contributed by atoms with E-state index >= 15 is 0 Å². The number of nitrogens with one attached hydrogen (secondary N) is 1.